The van der Waals surface area contributed by atoms with Crippen LogP contribution in [0.4, 0.5) is 4.39 Å². The fourth-order valence-corrected chi connectivity index (χ4v) is 2.28. The summed E-state index contributed by atoms with van der Waals surface area (Å²) < 4.78 is 37.3. The van der Waals surface area contributed by atoms with Gasteiger partial charge in [0.2, 0.25) is 10.0 Å². The zero-order valence-electron chi connectivity index (χ0n) is 9.59. The van der Waals surface area contributed by atoms with Gasteiger partial charge in [0.25, 0.3) is 0 Å². The minimum atomic E-state index is -3.62. The molecule has 1 unspecified atom stereocenters. The number of hydrogen-bond donors (Lipinski definition) is 0. The van der Waals surface area contributed by atoms with Crippen LogP contribution < -0.4 is 0 Å². The number of rotatable bonds is 4. The second kappa shape index (κ2) is 5.25. The average molecular weight is 256 g/mol. The number of nitrogens with zero attached hydrogens (tertiary/aromatic N) is 2. The van der Waals surface area contributed by atoms with Gasteiger partial charge >= 0.3 is 0 Å². The highest BCUT2D eigenvalue weighted by Gasteiger charge is 2.25. The zero-order valence-corrected chi connectivity index (χ0v) is 10.4. The summed E-state index contributed by atoms with van der Waals surface area (Å²) >= 11 is 0. The molecule has 4 nitrogen and oxygen atoms in total. The minimum Gasteiger partial charge on any atom is -0.211 e. The van der Waals surface area contributed by atoms with Gasteiger partial charge in [-0.1, -0.05) is 12.1 Å². The molecule has 6 heteroatoms. The van der Waals surface area contributed by atoms with Crippen LogP contribution in [0.2, 0.25) is 0 Å². The van der Waals surface area contributed by atoms with Gasteiger partial charge in [0.05, 0.1) is 6.07 Å². The first-order valence-corrected chi connectivity index (χ1v) is 6.47. The Kier molecular flexibility index (Phi) is 4.21. The van der Waals surface area contributed by atoms with Crippen molar-refractivity contribution in [2.45, 2.75) is 18.7 Å². The lowest BCUT2D eigenvalue weighted by Crippen LogP contribution is -2.33. The van der Waals surface area contributed by atoms with Gasteiger partial charge in [0.1, 0.15) is 5.82 Å². The van der Waals surface area contributed by atoms with Crippen molar-refractivity contribution in [2.75, 3.05) is 7.05 Å². The van der Waals surface area contributed by atoms with Gasteiger partial charge in [0.15, 0.2) is 5.25 Å². The van der Waals surface area contributed by atoms with E-state index in [-0.39, 0.29) is 12.4 Å². The van der Waals surface area contributed by atoms with E-state index in [1.54, 1.807) is 6.07 Å². The minimum absolute atomic E-state index is 0.120. The molecular weight excluding hydrogens is 243 g/mol. The first-order chi connectivity index (χ1) is 7.87. The molecule has 17 heavy (non-hydrogen) atoms. The molecule has 0 aliphatic rings. The lowest BCUT2D eigenvalue weighted by atomic mass is 10.2. The molecule has 1 rings (SSSR count). The fraction of sp³-hybridized carbons (Fsp3) is 0.364. The lowest BCUT2D eigenvalue weighted by Gasteiger charge is -2.18. The van der Waals surface area contributed by atoms with Crippen LogP contribution in [0.5, 0.6) is 0 Å². The largest absolute Gasteiger partial charge is 0.230 e. The Balaban J connectivity index is 2.83. The Morgan fingerprint density at radius 3 is 2.41 bits per heavy atom. The number of nitriles is 1. The molecule has 0 amide bonds. The molecule has 0 radical (unpaired) electrons. The molecule has 0 fully saturated rings. The highest BCUT2D eigenvalue weighted by molar-refractivity contribution is 7.89. The summed E-state index contributed by atoms with van der Waals surface area (Å²) in [5.41, 5.74) is 0.669. The standard InChI is InChI=1S/C11H13FN2O2S/c1-9(7-13)17(15,16)14(2)8-10-3-5-11(12)6-4-10/h3-6,9H,8H2,1-2H3. The molecule has 1 aromatic rings. The first kappa shape index (κ1) is 13.6. The summed E-state index contributed by atoms with van der Waals surface area (Å²) in [5, 5.41) is 7.53. The summed E-state index contributed by atoms with van der Waals surface area (Å²) in [6, 6.07) is 7.25. The quantitative estimate of drug-likeness (QED) is 0.820. The second-order valence-corrected chi connectivity index (χ2v) is 6.06. The maximum atomic E-state index is 12.7. The third-order valence-electron chi connectivity index (χ3n) is 2.38. The third-order valence-corrected chi connectivity index (χ3v) is 4.38. The van der Waals surface area contributed by atoms with Crippen LogP contribution >= 0.6 is 0 Å². The Morgan fingerprint density at radius 2 is 1.94 bits per heavy atom. The van der Waals surface area contributed by atoms with E-state index in [0.29, 0.717) is 5.56 Å². The molecule has 1 atom stereocenters. The topological polar surface area (TPSA) is 61.2 Å². The van der Waals surface area contributed by atoms with Gasteiger partial charge in [-0.25, -0.2) is 12.8 Å². The van der Waals surface area contributed by atoms with Crippen LogP contribution in [0.1, 0.15) is 12.5 Å². The van der Waals surface area contributed by atoms with E-state index in [1.165, 1.54) is 38.2 Å². The second-order valence-electron chi connectivity index (χ2n) is 3.70. The van der Waals surface area contributed by atoms with Crippen LogP contribution in [0.15, 0.2) is 24.3 Å². The summed E-state index contributed by atoms with van der Waals surface area (Å²) in [6.07, 6.45) is 0. The predicted molar refractivity (Wildman–Crippen MR) is 61.9 cm³/mol. The molecule has 1 aromatic carbocycles. The maximum Gasteiger partial charge on any atom is 0.230 e. The number of halogens is 1. The Labute approximate surface area is 100 Å². The Hall–Kier alpha value is -1.45. The molecular formula is C11H13FN2O2S. The van der Waals surface area contributed by atoms with Crippen molar-refractivity contribution in [3.63, 3.8) is 0 Å². The van der Waals surface area contributed by atoms with Crippen molar-refractivity contribution in [2.24, 2.45) is 0 Å². The van der Waals surface area contributed by atoms with Crippen LogP contribution in [0.25, 0.3) is 0 Å². The monoisotopic (exact) mass is 256 g/mol. The fourth-order valence-electron chi connectivity index (χ4n) is 1.27. The van der Waals surface area contributed by atoms with E-state index >= 15 is 0 Å². The first-order valence-electron chi connectivity index (χ1n) is 4.97. The highest BCUT2D eigenvalue weighted by atomic mass is 32.2. The van der Waals surface area contributed by atoms with Crippen molar-refractivity contribution in [3.8, 4) is 6.07 Å². The van der Waals surface area contributed by atoms with E-state index in [0.717, 1.165) is 4.31 Å². The van der Waals surface area contributed by atoms with Gasteiger partial charge in [-0.15, -0.1) is 0 Å². The lowest BCUT2D eigenvalue weighted by molar-refractivity contribution is 0.463. The molecule has 92 valence electrons. The molecule has 0 aromatic heterocycles. The summed E-state index contributed by atoms with van der Waals surface area (Å²) in [5.74, 6) is -0.371. The molecule has 0 saturated heterocycles. The molecule has 0 N–H and O–H groups in total. The number of hydrogen-bond acceptors (Lipinski definition) is 3. The molecule has 0 aliphatic heterocycles. The predicted octanol–water partition coefficient (Wildman–Crippen LogP) is 1.50. The molecule has 0 bridgehead atoms. The Morgan fingerprint density at radius 1 is 1.41 bits per heavy atom. The maximum absolute atomic E-state index is 12.7. The highest BCUT2D eigenvalue weighted by Crippen LogP contribution is 2.11. The van der Waals surface area contributed by atoms with E-state index in [4.69, 9.17) is 5.26 Å². The van der Waals surface area contributed by atoms with Crippen LogP contribution in [0.3, 0.4) is 0 Å². The van der Waals surface area contributed by atoms with Crippen molar-refractivity contribution >= 4 is 10.0 Å². The van der Waals surface area contributed by atoms with E-state index in [9.17, 15) is 12.8 Å². The van der Waals surface area contributed by atoms with Crippen LogP contribution in [0, 0.1) is 17.1 Å². The molecule has 0 spiro atoms. The molecule has 0 aliphatic carbocycles. The zero-order chi connectivity index (χ0) is 13.1. The van der Waals surface area contributed by atoms with Crippen molar-refractivity contribution in [1.82, 2.24) is 4.31 Å². The van der Waals surface area contributed by atoms with Crippen LogP contribution in [-0.4, -0.2) is 25.0 Å². The van der Waals surface area contributed by atoms with Crippen molar-refractivity contribution < 1.29 is 12.8 Å². The van der Waals surface area contributed by atoms with Gasteiger partial charge in [-0.2, -0.15) is 9.57 Å². The van der Waals surface area contributed by atoms with Crippen molar-refractivity contribution in [1.29, 1.82) is 5.26 Å². The van der Waals surface area contributed by atoms with E-state index < -0.39 is 15.3 Å². The number of sulfonamides is 1. The summed E-state index contributed by atoms with van der Waals surface area (Å²) in [4.78, 5) is 0. The van der Waals surface area contributed by atoms with Crippen LogP contribution in [-0.2, 0) is 16.6 Å². The average Bonchev–Trinajstić information content (AvgIpc) is 2.30. The SMILES string of the molecule is CC(C#N)S(=O)(=O)N(C)Cc1ccc(F)cc1. The molecule has 0 saturated carbocycles. The smallest absolute Gasteiger partial charge is 0.211 e. The van der Waals surface area contributed by atoms with Gasteiger partial charge in [-0.05, 0) is 24.6 Å². The number of benzene rings is 1. The Bertz CT molecular complexity index is 519. The van der Waals surface area contributed by atoms with E-state index in [1.807, 2.05) is 0 Å². The third kappa shape index (κ3) is 3.25. The van der Waals surface area contributed by atoms with Gasteiger partial charge in [0, 0.05) is 13.6 Å². The van der Waals surface area contributed by atoms with Gasteiger partial charge in [-0.3, -0.25) is 0 Å². The normalized spacial score (nSPS) is 13.4. The van der Waals surface area contributed by atoms with Crippen molar-refractivity contribution in [3.05, 3.63) is 35.6 Å². The van der Waals surface area contributed by atoms with Gasteiger partial charge < -0.3 is 0 Å². The van der Waals surface area contributed by atoms with E-state index in [2.05, 4.69) is 0 Å². The molecule has 0 heterocycles. The summed E-state index contributed by atoms with van der Waals surface area (Å²) in [7, 11) is -2.22. The summed E-state index contributed by atoms with van der Waals surface area (Å²) in [6.45, 7) is 1.45.